The van der Waals surface area contributed by atoms with Gasteiger partial charge >= 0.3 is 0 Å². The lowest BCUT2D eigenvalue weighted by molar-refractivity contribution is 0.627. The smallest absolute Gasteiger partial charge is 0.123 e. The molecule has 0 saturated heterocycles. The van der Waals surface area contributed by atoms with Gasteiger partial charge in [0.1, 0.15) is 17.3 Å². The van der Waals surface area contributed by atoms with Crippen molar-refractivity contribution in [2.75, 3.05) is 0 Å². The highest BCUT2D eigenvalue weighted by Gasteiger charge is 2.17. The molecule has 4 aromatic rings. The van der Waals surface area contributed by atoms with E-state index in [9.17, 15) is 8.78 Å². The molecule has 0 aliphatic carbocycles. The molecular weight excluding hydrogens is 332 g/mol. The molecule has 5 heteroatoms. The zero-order chi connectivity index (χ0) is 17.9. The number of benzene rings is 3. The summed E-state index contributed by atoms with van der Waals surface area (Å²) in [7, 11) is 0. The maximum absolute atomic E-state index is 13.4. The van der Waals surface area contributed by atoms with Crippen LogP contribution in [-0.2, 0) is 6.54 Å². The highest BCUT2D eigenvalue weighted by atomic mass is 19.1. The molecule has 0 saturated carbocycles. The van der Waals surface area contributed by atoms with Crippen molar-refractivity contribution in [1.29, 1.82) is 0 Å². The maximum Gasteiger partial charge on any atom is 0.123 e. The van der Waals surface area contributed by atoms with Crippen molar-refractivity contribution in [3.8, 4) is 22.5 Å². The highest BCUT2D eigenvalue weighted by Crippen LogP contribution is 2.31. The molecule has 0 radical (unpaired) electrons. The Kier molecular flexibility index (Phi) is 4.27. The molecule has 0 unspecified atom stereocenters. The normalized spacial score (nSPS) is 10.8. The summed E-state index contributed by atoms with van der Waals surface area (Å²) in [5, 5.41) is 8.60. The van der Waals surface area contributed by atoms with Crippen LogP contribution in [0.15, 0.2) is 78.9 Å². The minimum atomic E-state index is -0.311. The second kappa shape index (κ2) is 6.88. The fraction of sp³-hybridized carbons (Fsp3) is 0.0476. The summed E-state index contributed by atoms with van der Waals surface area (Å²) in [6.45, 7) is 0.530. The first-order valence-electron chi connectivity index (χ1n) is 8.20. The van der Waals surface area contributed by atoms with Crippen LogP contribution >= 0.6 is 0 Å². The number of hydrogen-bond acceptors (Lipinski definition) is 2. The summed E-state index contributed by atoms with van der Waals surface area (Å²) in [5.41, 5.74) is 4.02. The van der Waals surface area contributed by atoms with Crippen molar-refractivity contribution in [3.63, 3.8) is 0 Å². The summed E-state index contributed by atoms with van der Waals surface area (Å²) >= 11 is 0. The molecule has 1 heterocycles. The summed E-state index contributed by atoms with van der Waals surface area (Å²) in [5.74, 6) is -0.618. The molecule has 0 bridgehead atoms. The van der Waals surface area contributed by atoms with E-state index in [1.54, 1.807) is 28.9 Å². The van der Waals surface area contributed by atoms with Crippen molar-refractivity contribution >= 4 is 0 Å². The predicted octanol–water partition coefficient (Wildman–Crippen LogP) is 4.94. The van der Waals surface area contributed by atoms with Gasteiger partial charge in [-0.05, 0) is 54.1 Å². The molecule has 0 atom stereocenters. The van der Waals surface area contributed by atoms with E-state index in [0.29, 0.717) is 12.2 Å². The fourth-order valence-corrected chi connectivity index (χ4v) is 2.88. The van der Waals surface area contributed by atoms with Crippen LogP contribution < -0.4 is 0 Å². The molecular formula is C21H15F2N3. The Morgan fingerprint density at radius 2 is 1.27 bits per heavy atom. The van der Waals surface area contributed by atoms with E-state index in [1.165, 1.54) is 24.3 Å². The molecule has 0 N–H and O–H groups in total. The third kappa shape index (κ3) is 3.24. The van der Waals surface area contributed by atoms with Crippen LogP contribution in [-0.4, -0.2) is 15.0 Å². The number of hydrogen-bond donors (Lipinski definition) is 0. The van der Waals surface area contributed by atoms with Crippen LogP contribution in [0.25, 0.3) is 22.5 Å². The van der Waals surface area contributed by atoms with Crippen molar-refractivity contribution < 1.29 is 8.78 Å². The first-order valence-corrected chi connectivity index (χ1v) is 8.20. The van der Waals surface area contributed by atoms with Crippen LogP contribution in [0.2, 0.25) is 0 Å². The first-order chi connectivity index (χ1) is 12.7. The zero-order valence-corrected chi connectivity index (χ0v) is 13.8. The Bertz CT molecular complexity index is 1010. The Hall–Kier alpha value is -3.34. The number of rotatable bonds is 4. The Balaban J connectivity index is 1.84. The van der Waals surface area contributed by atoms with E-state index >= 15 is 0 Å². The second-order valence-corrected chi connectivity index (χ2v) is 5.94. The molecule has 3 nitrogen and oxygen atoms in total. The SMILES string of the molecule is Fc1ccc(-c2nnn(Cc3ccccc3)c2-c2ccc(F)cc2)cc1. The Morgan fingerprint density at radius 3 is 1.88 bits per heavy atom. The van der Waals surface area contributed by atoms with E-state index in [0.717, 1.165) is 22.4 Å². The van der Waals surface area contributed by atoms with Gasteiger partial charge in [-0.2, -0.15) is 0 Å². The molecule has 3 aromatic carbocycles. The predicted molar refractivity (Wildman–Crippen MR) is 96.4 cm³/mol. The summed E-state index contributed by atoms with van der Waals surface area (Å²) in [6.07, 6.45) is 0. The van der Waals surface area contributed by atoms with Gasteiger partial charge in [-0.15, -0.1) is 5.10 Å². The quantitative estimate of drug-likeness (QED) is 0.524. The van der Waals surface area contributed by atoms with E-state index in [-0.39, 0.29) is 11.6 Å². The third-order valence-corrected chi connectivity index (χ3v) is 4.15. The number of aromatic nitrogens is 3. The van der Waals surface area contributed by atoms with Gasteiger partial charge in [0.2, 0.25) is 0 Å². The minimum absolute atomic E-state index is 0.306. The van der Waals surface area contributed by atoms with E-state index in [1.807, 2.05) is 30.3 Å². The van der Waals surface area contributed by atoms with Gasteiger partial charge in [0.05, 0.1) is 12.2 Å². The Morgan fingerprint density at radius 1 is 0.692 bits per heavy atom. The van der Waals surface area contributed by atoms with Crippen LogP contribution in [0, 0.1) is 11.6 Å². The molecule has 0 spiro atoms. The molecule has 4 rings (SSSR count). The summed E-state index contributed by atoms with van der Waals surface area (Å²) in [4.78, 5) is 0. The van der Waals surface area contributed by atoms with Gasteiger partial charge in [-0.25, -0.2) is 13.5 Å². The molecule has 0 aliphatic heterocycles. The lowest BCUT2D eigenvalue weighted by Crippen LogP contribution is -2.04. The lowest BCUT2D eigenvalue weighted by Gasteiger charge is -2.09. The summed E-state index contributed by atoms with van der Waals surface area (Å²) < 4.78 is 28.4. The van der Waals surface area contributed by atoms with E-state index in [2.05, 4.69) is 10.3 Å². The van der Waals surface area contributed by atoms with Gasteiger partial charge in [-0.3, -0.25) is 0 Å². The first kappa shape index (κ1) is 16.1. The maximum atomic E-state index is 13.4. The van der Waals surface area contributed by atoms with Gasteiger partial charge in [-0.1, -0.05) is 35.5 Å². The largest absolute Gasteiger partial charge is 0.240 e. The van der Waals surface area contributed by atoms with Gasteiger partial charge in [0, 0.05) is 11.1 Å². The number of nitrogens with zero attached hydrogens (tertiary/aromatic N) is 3. The lowest BCUT2D eigenvalue weighted by atomic mass is 10.0. The van der Waals surface area contributed by atoms with Crippen molar-refractivity contribution in [2.45, 2.75) is 6.54 Å². The number of halogens is 2. The average molecular weight is 347 g/mol. The molecule has 26 heavy (non-hydrogen) atoms. The second-order valence-electron chi connectivity index (χ2n) is 5.94. The molecule has 0 fully saturated rings. The molecule has 128 valence electrons. The van der Waals surface area contributed by atoms with Crippen LogP contribution in [0.1, 0.15) is 5.56 Å². The monoisotopic (exact) mass is 347 g/mol. The fourth-order valence-electron chi connectivity index (χ4n) is 2.88. The van der Waals surface area contributed by atoms with Crippen LogP contribution in [0.3, 0.4) is 0 Å². The molecule has 1 aromatic heterocycles. The van der Waals surface area contributed by atoms with Crippen molar-refractivity contribution in [1.82, 2.24) is 15.0 Å². The molecule has 0 aliphatic rings. The van der Waals surface area contributed by atoms with E-state index < -0.39 is 0 Å². The van der Waals surface area contributed by atoms with Crippen molar-refractivity contribution in [3.05, 3.63) is 96.1 Å². The Labute approximate surface area is 149 Å². The summed E-state index contributed by atoms with van der Waals surface area (Å²) in [6, 6.07) is 22.2. The standard InChI is InChI=1S/C21H15F2N3/c22-18-10-6-16(7-11-18)20-21(17-8-12-19(23)13-9-17)26(25-24-20)14-15-4-2-1-3-5-15/h1-13H,14H2. The van der Waals surface area contributed by atoms with Gasteiger partial charge in [0.25, 0.3) is 0 Å². The van der Waals surface area contributed by atoms with Gasteiger partial charge < -0.3 is 0 Å². The minimum Gasteiger partial charge on any atom is -0.240 e. The third-order valence-electron chi connectivity index (χ3n) is 4.15. The van der Waals surface area contributed by atoms with Crippen LogP contribution in [0.4, 0.5) is 8.78 Å². The molecule has 0 amide bonds. The van der Waals surface area contributed by atoms with Gasteiger partial charge in [0.15, 0.2) is 0 Å². The van der Waals surface area contributed by atoms with E-state index in [4.69, 9.17) is 0 Å². The average Bonchev–Trinajstić information content (AvgIpc) is 3.07. The van der Waals surface area contributed by atoms with Crippen molar-refractivity contribution in [2.24, 2.45) is 0 Å². The zero-order valence-electron chi connectivity index (χ0n) is 13.8. The highest BCUT2D eigenvalue weighted by molar-refractivity contribution is 5.78. The topological polar surface area (TPSA) is 30.7 Å². The van der Waals surface area contributed by atoms with Crippen LogP contribution in [0.5, 0.6) is 0 Å².